The molecule has 8 nitrogen and oxygen atoms in total. The fourth-order valence-electron chi connectivity index (χ4n) is 2.50. The Morgan fingerprint density at radius 1 is 1.04 bits per heavy atom. The number of rotatable bonds is 7. The van der Waals surface area contributed by atoms with Gasteiger partial charge in [0.05, 0.1) is 13.2 Å². The number of benzene rings is 2. The van der Waals surface area contributed by atoms with E-state index in [9.17, 15) is 14.7 Å². The SMILES string of the molecule is CCOC(=O)/C=C/C(=O)OCCc1ccc(O)c(-n2nc3ccccc3n2)c1. The molecule has 0 aliphatic carbocycles. The Labute approximate surface area is 161 Å². The normalized spacial score (nSPS) is 11.0. The Hall–Kier alpha value is -3.68. The first-order valence-corrected chi connectivity index (χ1v) is 8.73. The third-order valence-electron chi connectivity index (χ3n) is 3.82. The maximum absolute atomic E-state index is 11.6. The molecular weight excluding hydrogens is 362 g/mol. The van der Waals surface area contributed by atoms with Crippen LogP contribution in [0.15, 0.2) is 54.6 Å². The van der Waals surface area contributed by atoms with Gasteiger partial charge in [-0.2, -0.15) is 0 Å². The molecule has 0 spiro atoms. The molecule has 0 unspecified atom stereocenters. The van der Waals surface area contributed by atoms with E-state index in [2.05, 4.69) is 14.9 Å². The van der Waals surface area contributed by atoms with Crippen molar-refractivity contribution >= 4 is 23.0 Å². The Morgan fingerprint density at radius 3 is 2.32 bits per heavy atom. The van der Waals surface area contributed by atoms with Crippen molar-refractivity contribution in [3.8, 4) is 11.4 Å². The summed E-state index contributed by atoms with van der Waals surface area (Å²) in [5.41, 5.74) is 2.70. The highest BCUT2D eigenvalue weighted by molar-refractivity contribution is 5.91. The summed E-state index contributed by atoms with van der Waals surface area (Å²) in [5.74, 6) is -1.19. The molecule has 1 heterocycles. The van der Waals surface area contributed by atoms with Crippen LogP contribution in [0, 0.1) is 0 Å². The van der Waals surface area contributed by atoms with Crippen LogP contribution >= 0.6 is 0 Å². The van der Waals surface area contributed by atoms with Crippen LogP contribution in [0.2, 0.25) is 0 Å². The monoisotopic (exact) mass is 381 g/mol. The van der Waals surface area contributed by atoms with Gasteiger partial charge in [-0.15, -0.1) is 15.0 Å². The standard InChI is InChI=1S/C20H19N3O5/c1-2-27-19(25)9-10-20(26)28-12-11-14-7-8-18(24)17(13-14)23-21-15-5-3-4-6-16(15)22-23/h3-10,13,24H,2,11-12H2,1H3/b10-9+. The van der Waals surface area contributed by atoms with Crippen LogP contribution in [0.3, 0.4) is 0 Å². The van der Waals surface area contributed by atoms with Crippen LogP contribution in [-0.2, 0) is 25.5 Å². The molecule has 2 aromatic carbocycles. The van der Waals surface area contributed by atoms with Crippen molar-refractivity contribution in [3.63, 3.8) is 0 Å². The van der Waals surface area contributed by atoms with Crippen molar-refractivity contribution in [2.75, 3.05) is 13.2 Å². The lowest BCUT2D eigenvalue weighted by atomic mass is 10.1. The number of nitrogens with zero attached hydrogens (tertiary/aromatic N) is 3. The Kier molecular flexibility index (Phi) is 6.01. The van der Waals surface area contributed by atoms with E-state index < -0.39 is 11.9 Å². The van der Waals surface area contributed by atoms with Crippen molar-refractivity contribution < 1.29 is 24.2 Å². The number of esters is 2. The molecule has 0 radical (unpaired) electrons. The fraction of sp³-hybridized carbons (Fsp3) is 0.200. The van der Waals surface area contributed by atoms with Gasteiger partial charge in [0.2, 0.25) is 0 Å². The van der Waals surface area contributed by atoms with Gasteiger partial charge in [0.25, 0.3) is 0 Å². The van der Waals surface area contributed by atoms with E-state index in [1.165, 1.54) is 4.80 Å². The van der Waals surface area contributed by atoms with Gasteiger partial charge >= 0.3 is 11.9 Å². The Balaban J connectivity index is 1.63. The second kappa shape index (κ2) is 8.81. The fourth-order valence-corrected chi connectivity index (χ4v) is 2.50. The quantitative estimate of drug-likeness (QED) is 0.495. The van der Waals surface area contributed by atoms with Crippen LogP contribution in [0.4, 0.5) is 0 Å². The second-order valence-corrected chi connectivity index (χ2v) is 5.80. The number of phenols is 1. The summed E-state index contributed by atoms with van der Waals surface area (Å²) in [6.45, 7) is 2.03. The molecule has 0 bridgehead atoms. The first-order chi connectivity index (χ1) is 13.6. The van der Waals surface area contributed by atoms with Crippen LogP contribution < -0.4 is 0 Å². The molecule has 0 aliphatic heterocycles. The lowest BCUT2D eigenvalue weighted by molar-refractivity contribution is -0.140. The van der Waals surface area contributed by atoms with Crippen molar-refractivity contribution in [3.05, 3.63) is 60.2 Å². The molecule has 8 heteroatoms. The molecular formula is C20H19N3O5. The van der Waals surface area contributed by atoms with Gasteiger partial charge in [-0.3, -0.25) is 0 Å². The molecule has 144 valence electrons. The van der Waals surface area contributed by atoms with Gasteiger partial charge in [-0.05, 0) is 36.8 Å². The lowest BCUT2D eigenvalue weighted by Crippen LogP contribution is -2.07. The van der Waals surface area contributed by atoms with Gasteiger partial charge in [-0.1, -0.05) is 18.2 Å². The molecule has 0 saturated carbocycles. The number of hydrogen-bond acceptors (Lipinski definition) is 7. The highest BCUT2D eigenvalue weighted by atomic mass is 16.5. The van der Waals surface area contributed by atoms with E-state index in [0.29, 0.717) is 12.1 Å². The summed E-state index contributed by atoms with van der Waals surface area (Å²) in [5, 5.41) is 18.9. The van der Waals surface area contributed by atoms with Gasteiger partial charge in [-0.25, -0.2) is 9.59 Å². The topological polar surface area (TPSA) is 104 Å². The molecule has 0 aliphatic rings. The van der Waals surface area contributed by atoms with Crippen molar-refractivity contribution in [2.24, 2.45) is 0 Å². The van der Waals surface area contributed by atoms with Crippen LogP contribution in [0.5, 0.6) is 5.75 Å². The largest absolute Gasteiger partial charge is 0.506 e. The minimum absolute atomic E-state index is 0.0402. The third kappa shape index (κ3) is 4.73. The molecule has 28 heavy (non-hydrogen) atoms. The molecule has 1 aromatic heterocycles. The van der Waals surface area contributed by atoms with Crippen molar-refractivity contribution in [1.82, 2.24) is 15.0 Å². The molecule has 0 atom stereocenters. The first kappa shape index (κ1) is 19.1. The van der Waals surface area contributed by atoms with Crippen LogP contribution in [0.1, 0.15) is 12.5 Å². The molecule has 3 rings (SSSR count). The maximum atomic E-state index is 11.6. The minimum atomic E-state index is -0.632. The summed E-state index contributed by atoms with van der Waals surface area (Å²) in [6.07, 6.45) is 2.48. The summed E-state index contributed by atoms with van der Waals surface area (Å²) in [7, 11) is 0. The molecule has 1 N–H and O–H groups in total. The van der Waals surface area contributed by atoms with Gasteiger partial charge in [0.1, 0.15) is 22.5 Å². The van der Waals surface area contributed by atoms with Gasteiger partial charge < -0.3 is 14.6 Å². The summed E-state index contributed by atoms with van der Waals surface area (Å²) < 4.78 is 9.75. The van der Waals surface area contributed by atoms with Crippen molar-refractivity contribution in [1.29, 1.82) is 0 Å². The van der Waals surface area contributed by atoms with Crippen LogP contribution in [-0.4, -0.2) is 45.3 Å². The zero-order valence-electron chi connectivity index (χ0n) is 15.2. The predicted octanol–water partition coefficient (Wildman–Crippen LogP) is 2.33. The Bertz CT molecular complexity index is 993. The zero-order chi connectivity index (χ0) is 19.9. The molecule has 0 saturated heterocycles. The maximum Gasteiger partial charge on any atom is 0.331 e. The van der Waals surface area contributed by atoms with Crippen molar-refractivity contribution in [2.45, 2.75) is 13.3 Å². The van der Waals surface area contributed by atoms with Gasteiger partial charge in [0, 0.05) is 18.6 Å². The summed E-state index contributed by atoms with van der Waals surface area (Å²) >= 11 is 0. The predicted molar refractivity (Wildman–Crippen MR) is 101 cm³/mol. The smallest absolute Gasteiger partial charge is 0.331 e. The number of carbonyl (C=O) groups excluding carboxylic acids is 2. The number of hydrogen-bond donors (Lipinski definition) is 1. The second-order valence-electron chi connectivity index (χ2n) is 5.80. The first-order valence-electron chi connectivity index (χ1n) is 8.73. The average Bonchev–Trinajstić information content (AvgIpc) is 3.12. The zero-order valence-corrected chi connectivity index (χ0v) is 15.2. The van der Waals surface area contributed by atoms with E-state index in [1.54, 1.807) is 25.1 Å². The van der Waals surface area contributed by atoms with Gasteiger partial charge in [0.15, 0.2) is 0 Å². The Morgan fingerprint density at radius 2 is 1.68 bits per heavy atom. The molecule has 0 amide bonds. The highest BCUT2D eigenvalue weighted by Gasteiger charge is 2.10. The van der Waals surface area contributed by atoms with E-state index >= 15 is 0 Å². The number of aromatic nitrogens is 3. The number of carbonyl (C=O) groups is 2. The van der Waals surface area contributed by atoms with E-state index in [1.807, 2.05) is 24.3 Å². The van der Waals surface area contributed by atoms with Crippen LogP contribution in [0.25, 0.3) is 16.7 Å². The minimum Gasteiger partial charge on any atom is -0.506 e. The molecule has 3 aromatic rings. The van der Waals surface area contributed by atoms with E-state index in [0.717, 1.165) is 28.7 Å². The lowest BCUT2D eigenvalue weighted by Gasteiger charge is -2.07. The summed E-state index contributed by atoms with van der Waals surface area (Å²) in [4.78, 5) is 24.1. The number of aromatic hydroxyl groups is 1. The summed E-state index contributed by atoms with van der Waals surface area (Å²) in [6, 6.07) is 12.4. The number of fused-ring (bicyclic) bond motifs is 1. The number of phenolic OH excluding ortho intramolecular Hbond substituents is 1. The molecule has 0 fully saturated rings. The number of ether oxygens (including phenoxy) is 2. The highest BCUT2D eigenvalue weighted by Crippen LogP contribution is 2.23. The average molecular weight is 381 g/mol. The van der Waals surface area contributed by atoms with E-state index in [4.69, 9.17) is 4.74 Å². The van der Waals surface area contributed by atoms with E-state index in [-0.39, 0.29) is 19.0 Å². The third-order valence-corrected chi connectivity index (χ3v) is 3.82.